The topological polar surface area (TPSA) is 53.4 Å². The molecule has 1 aliphatic carbocycles. The maximum atomic E-state index is 11.3. The number of anilines is 1. The molecular formula is C14H20N2O2. The molecule has 1 aliphatic rings. The van der Waals surface area contributed by atoms with Crippen molar-refractivity contribution in [1.82, 2.24) is 4.98 Å². The van der Waals surface area contributed by atoms with Gasteiger partial charge in [0.2, 0.25) is 0 Å². The van der Waals surface area contributed by atoms with Crippen LogP contribution in [0.3, 0.4) is 0 Å². The number of hydrogen-bond donors (Lipinski definition) is 1. The predicted molar refractivity (Wildman–Crippen MR) is 71.1 cm³/mol. The molecule has 1 aromatic heterocycles. The second kappa shape index (κ2) is 4.96. The highest BCUT2D eigenvalue weighted by molar-refractivity contribution is 5.94. The van der Waals surface area contributed by atoms with E-state index < -0.39 is 5.97 Å². The van der Waals surface area contributed by atoms with Crippen LogP contribution in [0.4, 0.5) is 5.69 Å². The van der Waals surface area contributed by atoms with Crippen LogP contribution in [0, 0.1) is 12.8 Å². The van der Waals surface area contributed by atoms with Gasteiger partial charge in [-0.1, -0.05) is 13.8 Å². The van der Waals surface area contributed by atoms with Gasteiger partial charge in [0, 0.05) is 24.5 Å². The summed E-state index contributed by atoms with van der Waals surface area (Å²) in [6.45, 7) is 7.11. The minimum atomic E-state index is -0.896. The van der Waals surface area contributed by atoms with Crippen molar-refractivity contribution in [3.63, 3.8) is 0 Å². The smallest absolute Gasteiger partial charge is 0.339 e. The van der Waals surface area contributed by atoms with E-state index in [9.17, 15) is 9.90 Å². The molecule has 0 spiro atoms. The van der Waals surface area contributed by atoms with E-state index in [0.717, 1.165) is 30.8 Å². The van der Waals surface area contributed by atoms with Crippen LogP contribution in [0.15, 0.2) is 12.3 Å². The molecule has 0 aliphatic heterocycles. The molecule has 18 heavy (non-hydrogen) atoms. The van der Waals surface area contributed by atoms with Crippen LogP contribution in [0.1, 0.15) is 42.7 Å². The van der Waals surface area contributed by atoms with E-state index >= 15 is 0 Å². The largest absolute Gasteiger partial charge is 0.478 e. The second-order valence-corrected chi connectivity index (χ2v) is 5.43. The standard InChI is InChI=1S/C14H20N2O2/c1-9(2)8-16(11-4-5-11)13-6-10(3)15-7-12(13)14(17)18/h6-7,9,11H,4-5,8H2,1-3H3,(H,17,18). The van der Waals surface area contributed by atoms with Gasteiger partial charge >= 0.3 is 5.97 Å². The van der Waals surface area contributed by atoms with Gasteiger partial charge in [0.25, 0.3) is 0 Å². The lowest BCUT2D eigenvalue weighted by molar-refractivity contribution is 0.0697. The van der Waals surface area contributed by atoms with Crippen molar-refractivity contribution in [2.75, 3.05) is 11.4 Å². The van der Waals surface area contributed by atoms with Crippen LogP contribution in [0.5, 0.6) is 0 Å². The Morgan fingerprint density at radius 1 is 1.56 bits per heavy atom. The third-order valence-electron chi connectivity index (χ3n) is 3.11. The van der Waals surface area contributed by atoms with E-state index in [2.05, 4.69) is 23.7 Å². The molecule has 0 radical (unpaired) electrons. The van der Waals surface area contributed by atoms with Crippen LogP contribution >= 0.6 is 0 Å². The van der Waals surface area contributed by atoms with Gasteiger partial charge in [0.05, 0.1) is 5.69 Å². The highest BCUT2D eigenvalue weighted by atomic mass is 16.4. The second-order valence-electron chi connectivity index (χ2n) is 5.43. The van der Waals surface area contributed by atoms with Gasteiger partial charge in [-0.05, 0) is 31.7 Å². The van der Waals surface area contributed by atoms with Crippen molar-refractivity contribution in [3.8, 4) is 0 Å². The zero-order valence-corrected chi connectivity index (χ0v) is 11.2. The van der Waals surface area contributed by atoms with Crippen LogP contribution in [0.25, 0.3) is 0 Å². The molecular weight excluding hydrogens is 228 g/mol. The normalized spacial score (nSPS) is 14.9. The minimum Gasteiger partial charge on any atom is -0.478 e. The Morgan fingerprint density at radius 3 is 2.72 bits per heavy atom. The van der Waals surface area contributed by atoms with E-state index in [-0.39, 0.29) is 0 Å². The molecule has 1 saturated carbocycles. The summed E-state index contributed by atoms with van der Waals surface area (Å²) in [5.41, 5.74) is 2.00. The Labute approximate surface area is 108 Å². The Balaban J connectivity index is 2.38. The summed E-state index contributed by atoms with van der Waals surface area (Å²) in [5.74, 6) is -0.382. The number of carboxylic acid groups (broad SMARTS) is 1. The Morgan fingerprint density at radius 2 is 2.22 bits per heavy atom. The van der Waals surface area contributed by atoms with Crippen LogP contribution in [-0.2, 0) is 0 Å². The number of hydrogen-bond acceptors (Lipinski definition) is 3. The van der Waals surface area contributed by atoms with Crippen molar-refractivity contribution in [2.24, 2.45) is 5.92 Å². The molecule has 0 saturated heterocycles. The fourth-order valence-electron chi connectivity index (χ4n) is 2.17. The van der Waals surface area contributed by atoms with Crippen molar-refractivity contribution >= 4 is 11.7 Å². The van der Waals surface area contributed by atoms with Crippen LogP contribution in [0.2, 0.25) is 0 Å². The lowest BCUT2D eigenvalue weighted by Crippen LogP contribution is -2.31. The molecule has 0 unspecified atom stereocenters. The summed E-state index contributed by atoms with van der Waals surface area (Å²) in [5, 5.41) is 9.28. The molecule has 0 atom stereocenters. The third-order valence-corrected chi connectivity index (χ3v) is 3.11. The Hall–Kier alpha value is -1.58. The molecule has 0 amide bonds. The molecule has 0 bridgehead atoms. The first-order chi connectivity index (χ1) is 8.49. The zero-order chi connectivity index (χ0) is 13.3. The molecule has 1 heterocycles. The van der Waals surface area contributed by atoms with Gasteiger partial charge in [-0.2, -0.15) is 0 Å². The molecule has 1 N–H and O–H groups in total. The maximum absolute atomic E-state index is 11.3. The first kappa shape index (κ1) is 12.9. The number of aromatic nitrogens is 1. The van der Waals surface area contributed by atoms with E-state index in [1.807, 2.05) is 13.0 Å². The Kier molecular flexibility index (Phi) is 3.55. The van der Waals surface area contributed by atoms with Gasteiger partial charge in [-0.3, -0.25) is 4.98 Å². The molecule has 0 aromatic carbocycles. The van der Waals surface area contributed by atoms with E-state index in [0.29, 0.717) is 17.5 Å². The molecule has 4 heteroatoms. The van der Waals surface area contributed by atoms with Gasteiger partial charge in [-0.15, -0.1) is 0 Å². The minimum absolute atomic E-state index is 0.313. The average molecular weight is 248 g/mol. The van der Waals surface area contributed by atoms with E-state index in [1.165, 1.54) is 6.20 Å². The number of carboxylic acids is 1. The quantitative estimate of drug-likeness (QED) is 0.870. The number of aromatic carboxylic acids is 1. The predicted octanol–water partition coefficient (Wildman–Crippen LogP) is 2.71. The van der Waals surface area contributed by atoms with Crippen molar-refractivity contribution < 1.29 is 9.90 Å². The van der Waals surface area contributed by atoms with Crippen molar-refractivity contribution in [1.29, 1.82) is 0 Å². The highest BCUT2D eigenvalue weighted by Gasteiger charge is 2.31. The molecule has 98 valence electrons. The number of aryl methyl sites for hydroxylation is 1. The molecule has 1 fully saturated rings. The average Bonchev–Trinajstić information content (AvgIpc) is 3.08. The number of rotatable bonds is 5. The van der Waals surface area contributed by atoms with Crippen LogP contribution in [-0.4, -0.2) is 28.6 Å². The number of pyridine rings is 1. The number of nitrogens with zero attached hydrogens (tertiary/aromatic N) is 2. The summed E-state index contributed by atoms with van der Waals surface area (Å²) in [6.07, 6.45) is 3.79. The molecule has 1 aromatic rings. The maximum Gasteiger partial charge on any atom is 0.339 e. The Bertz CT molecular complexity index is 453. The van der Waals surface area contributed by atoms with E-state index in [1.54, 1.807) is 0 Å². The zero-order valence-electron chi connectivity index (χ0n) is 11.2. The monoisotopic (exact) mass is 248 g/mol. The van der Waals surface area contributed by atoms with Gasteiger partial charge in [0.15, 0.2) is 0 Å². The SMILES string of the molecule is Cc1cc(N(CC(C)C)C2CC2)c(C(=O)O)cn1. The fraction of sp³-hybridized carbons (Fsp3) is 0.571. The first-order valence-electron chi connectivity index (χ1n) is 6.45. The number of carbonyl (C=O) groups is 1. The summed E-state index contributed by atoms with van der Waals surface area (Å²) < 4.78 is 0. The van der Waals surface area contributed by atoms with E-state index in [4.69, 9.17) is 0 Å². The lowest BCUT2D eigenvalue weighted by atomic mass is 10.1. The first-order valence-corrected chi connectivity index (χ1v) is 6.45. The summed E-state index contributed by atoms with van der Waals surface area (Å²) in [6, 6.07) is 2.40. The van der Waals surface area contributed by atoms with Crippen molar-refractivity contribution in [2.45, 2.75) is 39.7 Å². The fourth-order valence-corrected chi connectivity index (χ4v) is 2.17. The summed E-state index contributed by atoms with van der Waals surface area (Å²) in [4.78, 5) is 17.6. The third kappa shape index (κ3) is 2.81. The van der Waals surface area contributed by atoms with Gasteiger partial charge in [-0.25, -0.2) is 4.79 Å². The van der Waals surface area contributed by atoms with Crippen molar-refractivity contribution in [3.05, 3.63) is 23.5 Å². The van der Waals surface area contributed by atoms with Gasteiger partial charge in [0.1, 0.15) is 5.56 Å². The molecule has 4 nitrogen and oxygen atoms in total. The van der Waals surface area contributed by atoms with Crippen LogP contribution < -0.4 is 4.90 Å². The lowest BCUT2D eigenvalue weighted by Gasteiger charge is -2.28. The summed E-state index contributed by atoms with van der Waals surface area (Å²) in [7, 11) is 0. The molecule has 2 rings (SSSR count). The highest BCUT2D eigenvalue weighted by Crippen LogP contribution is 2.34. The van der Waals surface area contributed by atoms with Gasteiger partial charge < -0.3 is 10.0 Å². The summed E-state index contributed by atoms with van der Waals surface area (Å²) >= 11 is 0.